The number of rotatable bonds is 5. The third-order valence-corrected chi connectivity index (χ3v) is 4.97. The van der Waals surface area contributed by atoms with E-state index in [9.17, 15) is 5.11 Å². The van der Waals surface area contributed by atoms with E-state index in [1.807, 2.05) is 24.3 Å². The van der Waals surface area contributed by atoms with Crippen LogP contribution in [0.2, 0.25) is 0 Å². The van der Waals surface area contributed by atoms with Crippen molar-refractivity contribution in [1.82, 2.24) is 0 Å². The average molecular weight is 342 g/mol. The maximum atomic E-state index is 9.33. The molecule has 130 valence electrons. The molecule has 4 aromatic carbocycles. The quantitative estimate of drug-likeness (QED) is 0.477. The first-order chi connectivity index (χ1) is 12.8. The summed E-state index contributed by atoms with van der Waals surface area (Å²) in [6.45, 7) is 2.74. The van der Waals surface area contributed by atoms with E-state index in [-0.39, 0.29) is 6.61 Å². The Labute approximate surface area is 153 Å². The Kier molecular flexibility index (Phi) is 4.59. The number of hydrogen-bond donors (Lipinski definition) is 1. The van der Waals surface area contributed by atoms with Crippen LogP contribution in [0.3, 0.4) is 0 Å². The molecule has 0 saturated heterocycles. The summed E-state index contributed by atoms with van der Waals surface area (Å²) < 4.78 is 6.11. The second kappa shape index (κ2) is 7.19. The highest BCUT2D eigenvalue weighted by molar-refractivity contribution is 6.05. The SMILES string of the molecule is CCc1c2ccccc2c(COc2cccc(CO)c2)c2ccccc12. The van der Waals surface area contributed by atoms with Gasteiger partial charge in [0, 0.05) is 5.56 Å². The van der Waals surface area contributed by atoms with Crippen molar-refractivity contribution >= 4 is 21.5 Å². The number of aliphatic hydroxyl groups is 1. The Morgan fingerprint density at radius 1 is 0.731 bits per heavy atom. The smallest absolute Gasteiger partial charge is 0.120 e. The molecule has 0 atom stereocenters. The zero-order valence-electron chi connectivity index (χ0n) is 14.9. The van der Waals surface area contributed by atoms with E-state index in [4.69, 9.17) is 4.74 Å². The van der Waals surface area contributed by atoms with Crippen molar-refractivity contribution in [3.8, 4) is 5.75 Å². The highest BCUT2D eigenvalue weighted by atomic mass is 16.5. The van der Waals surface area contributed by atoms with Gasteiger partial charge in [-0.15, -0.1) is 0 Å². The lowest BCUT2D eigenvalue weighted by Crippen LogP contribution is -2.00. The summed E-state index contributed by atoms with van der Waals surface area (Å²) in [5.41, 5.74) is 3.46. The minimum Gasteiger partial charge on any atom is -0.489 e. The van der Waals surface area contributed by atoms with Gasteiger partial charge in [-0.3, -0.25) is 0 Å². The van der Waals surface area contributed by atoms with E-state index in [0.29, 0.717) is 6.61 Å². The maximum absolute atomic E-state index is 9.33. The molecule has 0 spiro atoms. The molecule has 4 aromatic rings. The fourth-order valence-electron chi connectivity index (χ4n) is 3.73. The van der Waals surface area contributed by atoms with Crippen LogP contribution in [-0.4, -0.2) is 5.11 Å². The molecule has 0 bridgehead atoms. The Hall–Kier alpha value is -2.84. The normalized spacial score (nSPS) is 11.2. The highest BCUT2D eigenvalue weighted by Gasteiger charge is 2.13. The van der Waals surface area contributed by atoms with Crippen molar-refractivity contribution in [2.75, 3.05) is 0 Å². The van der Waals surface area contributed by atoms with Crippen LogP contribution < -0.4 is 4.74 Å². The van der Waals surface area contributed by atoms with Crippen LogP contribution in [0.15, 0.2) is 72.8 Å². The van der Waals surface area contributed by atoms with Crippen molar-refractivity contribution in [1.29, 1.82) is 0 Å². The topological polar surface area (TPSA) is 29.5 Å². The van der Waals surface area contributed by atoms with Crippen LogP contribution in [0.5, 0.6) is 5.75 Å². The first-order valence-electron chi connectivity index (χ1n) is 9.05. The summed E-state index contributed by atoms with van der Waals surface area (Å²) in [5.74, 6) is 0.782. The molecule has 0 aliphatic heterocycles. The molecule has 2 nitrogen and oxygen atoms in total. The number of ether oxygens (including phenoxy) is 1. The first kappa shape index (κ1) is 16.6. The van der Waals surface area contributed by atoms with Crippen molar-refractivity contribution < 1.29 is 9.84 Å². The third kappa shape index (κ3) is 2.93. The minimum atomic E-state index is 0.0221. The Balaban J connectivity index is 1.85. The molecule has 0 saturated carbocycles. The first-order valence-corrected chi connectivity index (χ1v) is 9.05. The van der Waals surface area contributed by atoms with Gasteiger partial charge in [0.05, 0.1) is 6.61 Å². The maximum Gasteiger partial charge on any atom is 0.120 e. The van der Waals surface area contributed by atoms with Crippen molar-refractivity contribution in [2.24, 2.45) is 0 Å². The van der Waals surface area contributed by atoms with Crippen molar-refractivity contribution in [3.63, 3.8) is 0 Å². The number of benzene rings is 4. The summed E-state index contributed by atoms with van der Waals surface area (Å²) in [5, 5.41) is 14.4. The van der Waals surface area contributed by atoms with Gasteiger partial charge in [0.1, 0.15) is 12.4 Å². The highest BCUT2D eigenvalue weighted by Crippen LogP contribution is 2.34. The van der Waals surface area contributed by atoms with Gasteiger partial charge in [-0.1, -0.05) is 67.6 Å². The minimum absolute atomic E-state index is 0.0221. The summed E-state index contributed by atoms with van der Waals surface area (Å²) in [7, 11) is 0. The molecule has 0 aromatic heterocycles. The van der Waals surface area contributed by atoms with E-state index < -0.39 is 0 Å². The number of aliphatic hydroxyl groups excluding tert-OH is 1. The molecule has 2 heteroatoms. The van der Waals surface area contributed by atoms with Crippen LogP contribution in [-0.2, 0) is 19.6 Å². The lowest BCUT2D eigenvalue weighted by molar-refractivity contribution is 0.278. The summed E-state index contributed by atoms with van der Waals surface area (Å²) >= 11 is 0. The van der Waals surface area contributed by atoms with Gasteiger partial charge in [0.15, 0.2) is 0 Å². The molecule has 4 rings (SSSR count). The molecule has 0 amide bonds. The third-order valence-electron chi connectivity index (χ3n) is 4.97. The van der Waals surface area contributed by atoms with Crippen LogP contribution in [0, 0.1) is 0 Å². The van der Waals surface area contributed by atoms with E-state index >= 15 is 0 Å². The standard InChI is InChI=1S/C24H22O2/c1-2-19-20-10-3-5-12-22(20)24(23-13-6-4-11-21(19)23)16-26-18-9-7-8-17(14-18)15-25/h3-14,25H,2,15-16H2,1H3. The number of aryl methyl sites for hydroxylation is 1. The van der Waals surface area contributed by atoms with E-state index in [1.165, 1.54) is 32.7 Å². The van der Waals surface area contributed by atoms with Gasteiger partial charge in [-0.25, -0.2) is 0 Å². The lowest BCUT2D eigenvalue weighted by atomic mass is 9.91. The molecule has 1 N–H and O–H groups in total. The van der Waals surface area contributed by atoms with Gasteiger partial charge < -0.3 is 9.84 Å². The molecule has 0 unspecified atom stereocenters. The second-order valence-electron chi connectivity index (χ2n) is 6.50. The van der Waals surface area contributed by atoms with Gasteiger partial charge in [0.25, 0.3) is 0 Å². The Morgan fingerprint density at radius 2 is 1.31 bits per heavy atom. The van der Waals surface area contributed by atoms with Gasteiger partial charge >= 0.3 is 0 Å². The zero-order chi connectivity index (χ0) is 17.9. The molecule has 26 heavy (non-hydrogen) atoms. The molecule has 0 aliphatic rings. The van der Waals surface area contributed by atoms with Crippen LogP contribution in [0.25, 0.3) is 21.5 Å². The lowest BCUT2D eigenvalue weighted by Gasteiger charge is -2.17. The van der Waals surface area contributed by atoms with E-state index in [0.717, 1.165) is 17.7 Å². The average Bonchev–Trinajstić information content (AvgIpc) is 2.71. The second-order valence-corrected chi connectivity index (χ2v) is 6.50. The van der Waals surface area contributed by atoms with Crippen LogP contribution in [0.1, 0.15) is 23.6 Å². The fourth-order valence-corrected chi connectivity index (χ4v) is 3.73. The largest absolute Gasteiger partial charge is 0.489 e. The van der Waals surface area contributed by atoms with E-state index in [2.05, 4.69) is 55.5 Å². The van der Waals surface area contributed by atoms with Gasteiger partial charge in [-0.2, -0.15) is 0 Å². The number of hydrogen-bond acceptors (Lipinski definition) is 2. The van der Waals surface area contributed by atoms with Crippen LogP contribution >= 0.6 is 0 Å². The van der Waals surface area contributed by atoms with Gasteiger partial charge in [0.2, 0.25) is 0 Å². The summed E-state index contributed by atoms with van der Waals surface area (Å²) in [4.78, 5) is 0. The molecule has 0 heterocycles. The molecular weight excluding hydrogens is 320 g/mol. The molecule has 0 aliphatic carbocycles. The number of fused-ring (bicyclic) bond motifs is 2. The molecular formula is C24H22O2. The Bertz CT molecular complexity index is 1010. The summed E-state index contributed by atoms with van der Waals surface area (Å²) in [6, 6.07) is 24.8. The van der Waals surface area contributed by atoms with Crippen molar-refractivity contribution in [2.45, 2.75) is 26.6 Å². The molecule has 0 fully saturated rings. The van der Waals surface area contributed by atoms with Gasteiger partial charge in [-0.05, 0) is 51.2 Å². The molecule has 0 radical (unpaired) electrons. The van der Waals surface area contributed by atoms with Crippen LogP contribution in [0.4, 0.5) is 0 Å². The predicted molar refractivity (Wildman–Crippen MR) is 108 cm³/mol. The van der Waals surface area contributed by atoms with E-state index in [1.54, 1.807) is 0 Å². The monoisotopic (exact) mass is 342 g/mol. The Morgan fingerprint density at radius 3 is 1.85 bits per heavy atom. The van der Waals surface area contributed by atoms with Crippen molar-refractivity contribution in [3.05, 3.63) is 89.5 Å². The fraction of sp³-hybridized carbons (Fsp3) is 0.167. The predicted octanol–water partition coefficient (Wildman–Crippen LogP) is 5.63. The summed E-state index contributed by atoms with van der Waals surface area (Å²) in [6.07, 6.45) is 1.00. The zero-order valence-corrected chi connectivity index (χ0v) is 14.9.